The van der Waals surface area contributed by atoms with E-state index in [0.717, 1.165) is 5.76 Å². The molecule has 0 spiro atoms. The molecule has 1 N–H and O–H groups in total. The molecule has 0 bridgehead atoms. The van der Waals surface area contributed by atoms with Crippen LogP contribution < -0.4 is 4.90 Å². The number of benzene rings is 1. The van der Waals surface area contributed by atoms with Gasteiger partial charge in [0.25, 0.3) is 0 Å². The van der Waals surface area contributed by atoms with E-state index in [2.05, 4.69) is 0 Å². The number of hydrogen-bond acceptors (Lipinski definition) is 4. The van der Waals surface area contributed by atoms with Gasteiger partial charge in [0.15, 0.2) is 0 Å². The number of nitrogens with zero attached hydrogens (tertiary/aromatic N) is 2. The number of carbonyl (C=O) groups is 1. The molecular weight excluding hydrogens is 256 g/mol. The standard InChI is InChI=1S/C15H14N2O3/c1-2-17(10-13-4-3-7-20-13)14-6-5-11(15(18)19)8-12(14)9-16/h3-8H,2,10H2,1H3,(H,18,19). The van der Waals surface area contributed by atoms with Crippen molar-refractivity contribution < 1.29 is 14.3 Å². The zero-order valence-electron chi connectivity index (χ0n) is 11.0. The highest BCUT2D eigenvalue weighted by Crippen LogP contribution is 2.23. The summed E-state index contributed by atoms with van der Waals surface area (Å²) in [4.78, 5) is 12.9. The number of carboxylic acid groups (broad SMARTS) is 1. The molecule has 0 radical (unpaired) electrons. The van der Waals surface area contributed by atoms with E-state index in [9.17, 15) is 10.1 Å². The Kier molecular flexibility index (Phi) is 4.06. The molecule has 0 fully saturated rings. The third kappa shape index (κ3) is 2.81. The Morgan fingerprint density at radius 1 is 1.45 bits per heavy atom. The topological polar surface area (TPSA) is 77.5 Å². The molecule has 2 rings (SSSR count). The highest BCUT2D eigenvalue weighted by atomic mass is 16.4. The van der Waals surface area contributed by atoms with Gasteiger partial charge in [-0.3, -0.25) is 0 Å². The minimum absolute atomic E-state index is 0.111. The second kappa shape index (κ2) is 5.93. The van der Waals surface area contributed by atoms with Crippen LogP contribution in [0.5, 0.6) is 0 Å². The van der Waals surface area contributed by atoms with Crippen LogP contribution in [0.3, 0.4) is 0 Å². The molecule has 0 saturated heterocycles. The smallest absolute Gasteiger partial charge is 0.335 e. The normalized spacial score (nSPS) is 10.0. The van der Waals surface area contributed by atoms with Crippen LogP contribution in [-0.4, -0.2) is 17.6 Å². The first-order chi connectivity index (χ1) is 9.65. The molecule has 0 saturated carbocycles. The van der Waals surface area contributed by atoms with E-state index < -0.39 is 5.97 Å². The maximum absolute atomic E-state index is 10.9. The van der Waals surface area contributed by atoms with Gasteiger partial charge < -0.3 is 14.4 Å². The zero-order valence-corrected chi connectivity index (χ0v) is 11.0. The quantitative estimate of drug-likeness (QED) is 0.903. The fourth-order valence-corrected chi connectivity index (χ4v) is 1.99. The average molecular weight is 270 g/mol. The van der Waals surface area contributed by atoms with Crippen molar-refractivity contribution in [2.75, 3.05) is 11.4 Å². The van der Waals surface area contributed by atoms with E-state index >= 15 is 0 Å². The van der Waals surface area contributed by atoms with Crippen molar-refractivity contribution in [2.45, 2.75) is 13.5 Å². The summed E-state index contributed by atoms with van der Waals surface area (Å²) in [5.74, 6) is -0.250. The van der Waals surface area contributed by atoms with Gasteiger partial charge in [0.1, 0.15) is 11.8 Å². The van der Waals surface area contributed by atoms with Gasteiger partial charge in [-0.2, -0.15) is 5.26 Å². The summed E-state index contributed by atoms with van der Waals surface area (Å²) in [7, 11) is 0. The zero-order chi connectivity index (χ0) is 14.5. The first-order valence-corrected chi connectivity index (χ1v) is 6.20. The van der Waals surface area contributed by atoms with Gasteiger partial charge in [-0.25, -0.2) is 4.79 Å². The minimum atomic E-state index is -1.04. The SMILES string of the molecule is CCN(Cc1ccco1)c1ccc(C(=O)O)cc1C#N. The third-order valence-corrected chi connectivity index (χ3v) is 3.01. The molecule has 102 valence electrons. The largest absolute Gasteiger partial charge is 0.478 e. The molecule has 0 aliphatic carbocycles. The molecule has 0 unspecified atom stereocenters. The number of furan rings is 1. The Bertz CT molecular complexity index is 642. The predicted octanol–water partition coefficient (Wildman–Crippen LogP) is 2.88. The van der Waals surface area contributed by atoms with Gasteiger partial charge in [0.2, 0.25) is 0 Å². The van der Waals surface area contributed by atoms with Crippen molar-refractivity contribution in [3.8, 4) is 6.07 Å². The Morgan fingerprint density at radius 3 is 2.80 bits per heavy atom. The Morgan fingerprint density at radius 2 is 2.25 bits per heavy atom. The van der Waals surface area contributed by atoms with E-state index in [1.807, 2.05) is 30.0 Å². The summed E-state index contributed by atoms with van der Waals surface area (Å²) in [5, 5.41) is 18.2. The van der Waals surface area contributed by atoms with E-state index in [4.69, 9.17) is 9.52 Å². The minimum Gasteiger partial charge on any atom is -0.478 e. The van der Waals surface area contributed by atoms with Crippen molar-refractivity contribution in [3.63, 3.8) is 0 Å². The van der Waals surface area contributed by atoms with Crippen molar-refractivity contribution >= 4 is 11.7 Å². The maximum atomic E-state index is 10.9. The summed E-state index contributed by atoms with van der Waals surface area (Å²) in [6.07, 6.45) is 1.60. The second-order valence-corrected chi connectivity index (χ2v) is 4.24. The van der Waals surface area contributed by atoms with Crippen molar-refractivity contribution in [1.29, 1.82) is 5.26 Å². The lowest BCUT2D eigenvalue weighted by Gasteiger charge is -2.23. The summed E-state index contributed by atoms with van der Waals surface area (Å²) < 4.78 is 5.30. The molecular formula is C15H14N2O3. The number of aromatic carboxylic acids is 1. The van der Waals surface area contributed by atoms with Gasteiger partial charge >= 0.3 is 5.97 Å². The predicted molar refractivity (Wildman–Crippen MR) is 73.5 cm³/mol. The molecule has 0 aliphatic rings. The Hall–Kier alpha value is -2.74. The number of nitriles is 1. The molecule has 0 atom stereocenters. The fourth-order valence-electron chi connectivity index (χ4n) is 1.99. The van der Waals surface area contributed by atoms with Crippen LogP contribution >= 0.6 is 0 Å². The second-order valence-electron chi connectivity index (χ2n) is 4.24. The maximum Gasteiger partial charge on any atom is 0.335 e. The van der Waals surface area contributed by atoms with Gasteiger partial charge in [0.05, 0.1) is 29.6 Å². The Balaban J connectivity index is 2.34. The lowest BCUT2D eigenvalue weighted by molar-refractivity contribution is 0.0697. The number of rotatable bonds is 5. The summed E-state index contributed by atoms with van der Waals surface area (Å²) in [5.41, 5.74) is 1.16. The molecule has 20 heavy (non-hydrogen) atoms. The van der Waals surface area contributed by atoms with Crippen LogP contribution in [-0.2, 0) is 6.54 Å². The molecule has 0 amide bonds. The molecule has 2 aromatic rings. The van der Waals surface area contributed by atoms with Crippen LogP contribution in [0.2, 0.25) is 0 Å². The molecule has 0 aliphatic heterocycles. The van der Waals surface area contributed by atoms with Crippen LogP contribution in [0.15, 0.2) is 41.0 Å². The number of carboxylic acids is 1. The van der Waals surface area contributed by atoms with E-state index in [-0.39, 0.29) is 5.56 Å². The first-order valence-electron chi connectivity index (χ1n) is 6.20. The van der Waals surface area contributed by atoms with Crippen molar-refractivity contribution in [3.05, 3.63) is 53.5 Å². The van der Waals surface area contributed by atoms with Gasteiger partial charge in [-0.1, -0.05) is 0 Å². The Labute approximate surface area is 116 Å². The fraction of sp³-hybridized carbons (Fsp3) is 0.200. The summed E-state index contributed by atoms with van der Waals surface area (Å²) >= 11 is 0. The van der Waals surface area contributed by atoms with Crippen LogP contribution in [0.25, 0.3) is 0 Å². The van der Waals surface area contributed by atoms with Crippen LogP contribution in [0, 0.1) is 11.3 Å². The van der Waals surface area contributed by atoms with Gasteiger partial charge in [0, 0.05) is 6.54 Å². The van der Waals surface area contributed by atoms with Gasteiger partial charge in [-0.15, -0.1) is 0 Å². The highest BCUT2D eigenvalue weighted by Gasteiger charge is 2.14. The molecule has 5 nitrogen and oxygen atoms in total. The van der Waals surface area contributed by atoms with E-state index in [0.29, 0.717) is 24.3 Å². The monoisotopic (exact) mass is 270 g/mol. The summed E-state index contributed by atoms with van der Waals surface area (Å²) in [6.45, 7) is 3.18. The average Bonchev–Trinajstić information content (AvgIpc) is 2.97. The van der Waals surface area contributed by atoms with E-state index in [1.165, 1.54) is 12.1 Å². The number of hydrogen-bond donors (Lipinski definition) is 1. The molecule has 1 aromatic carbocycles. The van der Waals surface area contributed by atoms with E-state index in [1.54, 1.807) is 12.3 Å². The molecule has 5 heteroatoms. The molecule has 1 aromatic heterocycles. The first kappa shape index (κ1) is 13.7. The van der Waals surface area contributed by atoms with Crippen molar-refractivity contribution in [2.24, 2.45) is 0 Å². The lowest BCUT2D eigenvalue weighted by atomic mass is 10.1. The van der Waals surface area contributed by atoms with Crippen molar-refractivity contribution in [1.82, 2.24) is 0 Å². The van der Waals surface area contributed by atoms with Crippen LogP contribution in [0.1, 0.15) is 28.6 Å². The summed E-state index contributed by atoms with van der Waals surface area (Å²) in [6, 6.07) is 10.3. The third-order valence-electron chi connectivity index (χ3n) is 3.01. The van der Waals surface area contributed by atoms with Gasteiger partial charge in [-0.05, 0) is 37.3 Å². The lowest BCUT2D eigenvalue weighted by Crippen LogP contribution is -2.22. The number of anilines is 1. The molecule has 1 heterocycles. The highest BCUT2D eigenvalue weighted by molar-refractivity contribution is 5.89. The van der Waals surface area contributed by atoms with Crippen LogP contribution in [0.4, 0.5) is 5.69 Å².